The third kappa shape index (κ3) is 4.61. The van der Waals surface area contributed by atoms with Crippen molar-refractivity contribution >= 4 is 5.69 Å². The molecule has 21 heavy (non-hydrogen) atoms. The van der Waals surface area contributed by atoms with E-state index in [9.17, 15) is 0 Å². The Morgan fingerprint density at radius 1 is 0.952 bits per heavy atom. The number of rotatable bonds is 5. The predicted molar refractivity (Wildman–Crippen MR) is 87.4 cm³/mol. The molecule has 4 nitrogen and oxygen atoms in total. The number of piperazine rings is 1. The number of methoxy groups -OCH3 is 1. The average molecular weight is 292 g/mol. The quantitative estimate of drug-likeness (QED) is 0.779. The molecule has 1 heterocycles. The van der Waals surface area contributed by atoms with Crippen LogP contribution < -0.4 is 9.64 Å². The zero-order valence-corrected chi connectivity index (χ0v) is 13.8. The van der Waals surface area contributed by atoms with Gasteiger partial charge in [0, 0.05) is 44.5 Å². The van der Waals surface area contributed by atoms with Crippen LogP contribution in [-0.2, 0) is 4.74 Å². The molecule has 0 saturated carbocycles. The second kappa shape index (κ2) is 7.14. The van der Waals surface area contributed by atoms with Gasteiger partial charge in [0.2, 0.25) is 0 Å². The fourth-order valence-electron chi connectivity index (χ4n) is 2.63. The van der Waals surface area contributed by atoms with Gasteiger partial charge in [0.25, 0.3) is 0 Å². The molecular weight excluding hydrogens is 264 g/mol. The van der Waals surface area contributed by atoms with E-state index in [2.05, 4.69) is 42.7 Å². The number of ether oxygens (including phenoxy) is 2. The van der Waals surface area contributed by atoms with Crippen molar-refractivity contribution in [3.63, 3.8) is 0 Å². The summed E-state index contributed by atoms with van der Waals surface area (Å²) in [5.74, 6) is 0.907. The molecule has 1 saturated heterocycles. The first kappa shape index (κ1) is 16.1. The van der Waals surface area contributed by atoms with E-state index in [0.717, 1.165) is 31.9 Å². The first-order chi connectivity index (χ1) is 10.0. The smallest absolute Gasteiger partial charge is 0.119 e. The molecule has 0 atom stereocenters. The maximum absolute atomic E-state index is 5.60. The second-order valence-corrected chi connectivity index (χ2v) is 6.48. The van der Waals surface area contributed by atoms with Crippen molar-refractivity contribution in [3.8, 4) is 5.75 Å². The molecule has 0 radical (unpaired) electrons. The van der Waals surface area contributed by atoms with Crippen molar-refractivity contribution in [2.24, 2.45) is 0 Å². The van der Waals surface area contributed by atoms with Crippen molar-refractivity contribution in [3.05, 3.63) is 24.3 Å². The van der Waals surface area contributed by atoms with Crippen LogP contribution in [0.3, 0.4) is 0 Å². The van der Waals surface area contributed by atoms with Gasteiger partial charge >= 0.3 is 0 Å². The Morgan fingerprint density at radius 2 is 1.57 bits per heavy atom. The summed E-state index contributed by atoms with van der Waals surface area (Å²) in [6.45, 7) is 12.5. The van der Waals surface area contributed by atoms with Crippen LogP contribution in [0.25, 0.3) is 0 Å². The fraction of sp³-hybridized carbons (Fsp3) is 0.647. The van der Waals surface area contributed by atoms with Crippen LogP contribution in [0.1, 0.15) is 20.8 Å². The van der Waals surface area contributed by atoms with Crippen LogP contribution >= 0.6 is 0 Å². The summed E-state index contributed by atoms with van der Waals surface area (Å²) in [4.78, 5) is 4.99. The third-order valence-electron chi connectivity index (χ3n) is 3.99. The lowest BCUT2D eigenvalue weighted by Crippen LogP contribution is -2.53. The number of hydrogen-bond donors (Lipinski definition) is 0. The molecule has 0 unspecified atom stereocenters. The van der Waals surface area contributed by atoms with E-state index in [4.69, 9.17) is 9.47 Å². The minimum absolute atomic E-state index is 0.269. The van der Waals surface area contributed by atoms with Crippen molar-refractivity contribution in [2.75, 3.05) is 51.4 Å². The van der Waals surface area contributed by atoms with Gasteiger partial charge in [-0.3, -0.25) is 4.90 Å². The van der Waals surface area contributed by atoms with E-state index < -0.39 is 0 Å². The normalized spacial score (nSPS) is 17.0. The van der Waals surface area contributed by atoms with Crippen LogP contribution in [0, 0.1) is 0 Å². The molecule has 4 heteroatoms. The topological polar surface area (TPSA) is 24.9 Å². The summed E-state index contributed by atoms with van der Waals surface area (Å²) in [6.07, 6.45) is 0. The SMILES string of the molecule is COCCOc1ccc(N2CCN(C(C)(C)C)CC2)cc1. The Morgan fingerprint density at radius 3 is 2.10 bits per heavy atom. The maximum Gasteiger partial charge on any atom is 0.119 e. The largest absolute Gasteiger partial charge is 0.491 e. The number of anilines is 1. The van der Waals surface area contributed by atoms with Crippen molar-refractivity contribution in [2.45, 2.75) is 26.3 Å². The molecule has 1 aliphatic rings. The zero-order chi connectivity index (χ0) is 15.3. The molecule has 1 aliphatic heterocycles. The van der Waals surface area contributed by atoms with Crippen molar-refractivity contribution in [1.29, 1.82) is 0 Å². The monoisotopic (exact) mass is 292 g/mol. The molecule has 1 aromatic carbocycles. The van der Waals surface area contributed by atoms with E-state index in [-0.39, 0.29) is 5.54 Å². The summed E-state index contributed by atoms with van der Waals surface area (Å²) < 4.78 is 10.6. The Hall–Kier alpha value is -1.26. The van der Waals surface area contributed by atoms with Gasteiger partial charge in [0.15, 0.2) is 0 Å². The van der Waals surface area contributed by atoms with E-state index in [0.29, 0.717) is 13.2 Å². The van der Waals surface area contributed by atoms with Gasteiger partial charge in [-0.05, 0) is 45.0 Å². The molecule has 0 bridgehead atoms. The zero-order valence-electron chi connectivity index (χ0n) is 13.8. The summed E-state index contributed by atoms with van der Waals surface area (Å²) in [5, 5.41) is 0. The number of hydrogen-bond acceptors (Lipinski definition) is 4. The lowest BCUT2D eigenvalue weighted by atomic mass is 10.0. The summed E-state index contributed by atoms with van der Waals surface area (Å²) in [7, 11) is 1.68. The van der Waals surface area contributed by atoms with Crippen LogP contribution in [0.2, 0.25) is 0 Å². The second-order valence-electron chi connectivity index (χ2n) is 6.48. The molecule has 0 amide bonds. The minimum atomic E-state index is 0.269. The van der Waals surface area contributed by atoms with Crippen LogP contribution in [0.15, 0.2) is 24.3 Å². The van der Waals surface area contributed by atoms with E-state index in [1.165, 1.54) is 5.69 Å². The van der Waals surface area contributed by atoms with Crippen molar-refractivity contribution in [1.82, 2.24) is 4.90 Å². The van der Waals surface area contributed by atoms with Crippen LogP contribution in [0.4, 0.5) is 5.69 Å². The lowest BCUT2D eigenvalue weighted by molar-refractivity contribution is 0.128. The molecular formula is C17H28N2O2. The lowest BCUT2D eigenvalue weighted by Gasteiger charge is -2.43. The van der Waals surface area contributed by atoms with E-state index in [1.54, 1.807) is 7.11 Å². The van der Waals surface area contributed by atoms with Crippen LogP contribution in [0.5, 0.6) is 5.75 Å². The standard InChI is InChI=1S/C17H28N2O2/c1-17(2,3)19-11-9-18(10-12-19)15-5-7-16(8-6-15)21-14-13-20-4/h5-8H,9-14H2,1-4H3. The first-order valence-corrected chi connectivity index (χ1v) is 7.72. The Bertz CT molecular complexity index is 417. The fourth-order valence-corrected chi connectivity index (χ4v) is 2.63. The Labute approximate surface area is 128 Å². The van der Waals surface area contributed by atoms with E-state index in [1.807, 2.05) is 12.1 Å². The van der Waals surface area contributed by atoms with Gasteiger partial charge in [-0.15, -0.1) is 0 Å². The van der Waals surface area contributed by atoms with Crippen LogP contribution in [-0.4, -0.2) is 56.9 Å². The molecule has 2 rings (SSSR count). The third-order valence-corrected chi connectivity index (χ3v) is 3.99. The molecule has 1 fully saturated rings. The van der Waals surface area contributed by atoms with E-state index >= 15 is 0 Å². The minimum Gasteiger partial charge on any atom is -0.491 e. The van der Waals surface area contributed by atoms with Gasteiger partial charge in [0.1, 0.15) is 12.4 Å². The van der Waals surface area contributed by atoms with Gasteiger partial charge in [0.05, 0.1) is 6.61 Å². The highest BCUT2D eigenvalue weighted by atomic mass is 16.5. The Balaban J connectivity index is 1.86. The van der Waals surface area contributed by atoms with Gasteiger partial charge < -0.3 is 14.4 Å². The number of benzene rings is 1. The van der Waals surface area contributed by atoms with Gasteiger partial charge in [-0.2, -0.15) is 0 Å². The molecule has 1 aromatic rings. The summed E-state index contributed by atoms with van der Waals surface area (Å²) in [5.41, 5.74) is 1.55. The molecule has 0 aliphatic carbocycles. The van der Waals surface area contributed by atoms with Gasteiger partial charge in [-0.1, -0.05) is 0 Å². The Kier molecular flexibility index (Phi) is 5.48. The summed E-state index contributed by atoms with van der Waals surface area (Å²) >= 11 is 0. The average Bonchev–Trinajstić information content (AvgIpc) is 2.48. The van der Waals surface area contributed by atoms with Gasteiger partial charge in [-0.25, -0.2) is 0 Å². The molecule has 0 aromatic heterocycles. The number of nitrogens with zero attached hydrogens (tertiary/aromatic N) is 2. The highest BCUT2D eigenvalue weighted by molar-refractivity contribution is 5.49. The highest BCUT2D eigenvalue weighted by Crippen LogP contribution is 2.23. The maximum atomic E-state index is 5.60. The molecule has 0 spiro atoms. The molecule has 118 valence electrons. The summed E-state index contributed by atoms with van der Waals surface area (Å²) in [6, 6.07) is 8.38. The van der Waals surface area contributed by atoms with Crippen molar-refractivity contribution < 1.29 is 9.47 Å². The first-order valence-electron chi connectivity index (χ1n) is 7.72. The molecule has 0 N–H and O–H groups in total. The highest BCUT2D eigenvalue weighted by Gasteiger charge is 2.25. The predicted octanol–water partition coefficient (Wildman–Crippen LogP) is 2.63.